The quantitative estimate of drug-likeness (QED) is 0.126. The minimum atomic E-state index is -0.555. The average Bonchev–Trinajstić information content (AvgIpc) is 3.09. The van der Waals surface area contributed by atoms with Crippen molar-refractivity contribution in [2.45, 2.75) is 43.0 Å². The maximum Gasteiger partial charge on any atom is 0.407 e. The standard InChI is InChI=1S/C36H37NO6S/c1-3-20-41-36(39)37-22-29-8-4-5-9-31(29)26-16-18-28(19-17-26)35-42-30(24-44-34-11-7-6-10-32(34)40-2)21-33(43-35)27-14-12-25(23-38)13-15-27/h3-19,30,33,35,38H,1,20-24H2,2H3,(H,37,39). The third-order valence-electron chi connectivity index (χ3n) is 7.38. The van der Waals surface area contributed by atoms with Gasteiger partial charge in [-0.1, -0.05) is 97.6 Å². The van der Waals surface area contributed by atoms with Gasteiger partial charge in [-0.3, -0.25) is 0 Å². The van der Waals surface area contributed by atoms with Crippen molar-refractivity contribution in [3.8, 4) is 16.9 Å². The molecule has 44 heavy (non-hydrogen) atoms. The number of alkyl carbamates (subject to hydrolysis) is 1. The number of aliphatic hydroxyl groups excluding tert-OH is 1. The van der Waals surface area contributed by atoms with Crippen LogP contribution in [-0.2, 0) is 27.4 Å². The number of ether oxygens (including phenoxy) is 4. The molecule has 3 atom stereocenters. The second kappa shape index (κ2) is 15.6. The van der Waals surface area contributed by atoms with Gasteiger partial charge >= 0.3 is 6.09 Å². The molecular formula is C36H37NO6S. The lowest BCUT2D eigenvalue weighted by atomic mass is 9.98. The summed E-state index contributed by atoms with van der Waals surface area (Å²) >= 11 is 1.71. The number of aliphatic hydroxyl groups is 1. The zero-order valence-corrected chi connectivity index (χ0v) is 25.5. The molecule has 2 N–H and O–H groups in total. The van der Waals surface area contributed by atoms with E-state index in [9.17, 15) is 9.90 Å². The third kappa shape index (κ3) is 8.09. The number of hydrogen-bond acceptors (Lipinski definition) is 7. The highest BCUT2D eigenvalue weighted by molar-refractivity contribution is 7.99. The first-order chi connectivity index (χ1) is 21.6. The van der Waals surface area contributed by atoms with Crippen LogP contribution in [0.5, 0.6) is 5.75 Å². The number of thioether (sulfide) groups is 1. The minimum Gasteiger partial charge on any atom is -0.496 e. The third-order valence-corrected chi connectivity index (χ3v) is 8.56. The Hall–Kier alpha value is -4.08. The molecule has 0 aromatic heterocycles. The molecule has 4 aromatic rings. The van der Waals surface area contributed by atoms with Crippen LogP contribution in [0.15, 0.2) is 115 Å². The second-order valence-corrected chi connectivity index (χ2v) is 11.4. The first-order valence-corrected chi connectivity index (χ1v) is 15.5. The predicted octanol–water partition coefficient (Wildman–Crippen LogP) is 7.60. The van der Waals surface area contributed by atoms with Crippen LogP contribution >= 0.6 is 11.8 Å². The van der Waals surface area contributed by atoms with E-state index in [1.165, 1.54) is 6.08 Å². The van der Waals surface area contributed by atoms with E-state index in [0.717, 1.165) is 49.8 Å². The topological polar surface area (TPSA) is 86.3 Å². The normalized spacial score (nSPS) is 17.9. The van der Waals surface area contributed by atoms with E-state index < -0.39 is 12.4 Å². The van der Waals surface area contributed by atoms with Crippen molar-refractivity contribution in [2.24, 2.45) is 0 Å². The molecule has 0 aliphatic carbocycles. The number of carbonyl (C=O) groups is 1. The number of hydrogen-bond donors (Lipinski definition) is 2. The fourth-order valence-corrected chi connectivity index (χ4v) is 6.12. The number of rotatable bonds is 12. The molecule has 7 nitrogen and oxygen atoms in total. The van der Waals surface area contributed by atoms with Crippen LogP contribution in [0.2, 0.25) is 0 Å². The molecule has 1 heterocycles. The molecule has 0 saturated carbocycles. The van der Waals surface area contributed by atoms with Crippen LogP contribution < -0.4 is 10.1 Å². The number of methoxy groups -OCH3 is 1. The Balaban J connectivity index is 1.33. The monoisotopic (exact) mass is 611 g/mol. The van der Waals surface area contributed by atoms with Crippen LogP contribution in [0.4, 0.5) is 4.79 Å². The number of para-hydroxylation sites is 1. The summed E-state index contributed by atoms with van der Waals surface area (Å²) < 4.78 is 23.7. The van der Waals surface area contributed by atoms with Gasteiger partial charge in [0.25, 0.3) is 0 Å². The van der Waals surface area contributed by atoms with Crippen molar-refractivity contribution in [3.05, 3.63) is 132 Å². The Morgan fingerprint density at radius 1 is 0.977 bits per heavy atom. The molecular weight excluding hydrogens is 574 g/mol. The van der Waals surface area contributed by atoms with Crippen molar-refractivity contribution in [3.63, 3.8) is 0 Å². The summed E-state index contributed by atoms with van der Waals surface area (Å²) in [7, 11) is 1.68. The summed E-state index contributed by atoms with van der Waals surface area (Å²) in [5.41, 5.74) is 5.83. The van der Waals surface area contributed by atoms with Crippen molar-refractivity contribution < 1.29 is 28.8 Å². The van der Waals surface area contributed by atoms with Gasteiger partial charge in [0, 0.05) is 29.2 Å². The van der Waals surface area contributed by atoms with Crippen molar-refractivity contribution >= 4 is 17.9 Å². The molecule has 4 aromatic carbocycles. The number of amides is 1. The number of nitrogens with one attached hydrogen (secondary N) is 1. The molecule has 5 rings (SSSR count). The summed E-state index contributed by atoms with van der Waals surface area (Å²) in [4.78, 5) is 13.0. The lowest BCUT2D eigenvalue weighted by Crippen LogP contribution is -2.31. The van der Waals surface area contributed by atoms with E-state index in [1.54, 1.807) is 18.9 Å². The van der Waals surface area contributed by atoms with E-state index >= 15 is 0 Å². The fourth-order valence-electron chi connectivity index (χ4n) is 5.07. The summed E-state index contributed by atoms with van der Waals surface area (Å²) in [6.45, 7) is 4.07. The van der Waals surface area contributed by atoms with E-state index in [4.69, 9.17) is 18.9 Å². The van der Waals surface area contributed by atoms with Gasteiger partial charge in [0.2, 0.25) is 0 Å². The molecule has 0 spiro atoms. The molecule has 1 aliphatic rings. The molecule has 1 saturated heterocycles. The van der Waals surface area contributed by atoms with Crippen LogP contribution in [0.3, 0.4) is 0 Å². The van der Waals surface area contributed by atoms with E-state index in [2.05, 4.69) is 30.1 Å². The molecule has 1 aliphatic heterocycles. The first-order valence-electron chi connectivity index (χ1n) is 14.5. The van der Waals surface area contributed by atoms with Crippen molar-refractivity contribution in [1.82, 2.24) is 5.32 Å². The summed E-state index contributed by atoms with van der Waals surface area (Å²) in [6, 6.07) is 32.0. The summed E-state index contributed by atoms with van der Waals surface area (Å²) in [6.07, 6.45) is 0.951. The maximum atomic E-state index is 12.0. The molecule has 0 radical (unpaired) electrons. The maximum absolute atomic E-state index is 12.0. The van der Waals surface area contributed by atoms with Crippen LogP contribution in [-0.4, -0.2) is 36.8 Å². The van der Waals surface area contributed by atoms with Gasteiger partial charge in [-0.15, -0.1) is 11.8 Å². The minimum absolute atomic E-state index is 0.000645. The predicted molar refractivity (Wildman–Crippen MR) is 172 cm³/mol. The average molecular weight is 612 g/mol. The Bertz CT molecular complexity index is 1520. The Kier molecular flexibility index (Phi) is 11.1. The summed E-state index contributed by atoms with van der Waals surface area (Å²) in [5, 5.41) is 12.3. The van der Waals surface area contributed by atoms with E-state index in [-0.39, 0.29) is 25.4 Å². The van der Waals surface area contributed by atoms with Crippen LogP contribution in [0.1, 0.15) is 41.1 Å². The number of benzene rings is 4. The van der Waals surface area contributed by atoms with Gasteiger partial charge in [-0.05, 0) is 39.9 Å². The molecule has 1 amide bonds. The Morgan fingerprint density at radius 2 is 1.70 bits per heavy atom. The first kappa shape index (κ1) is 31.3. The SMILES string of the molecule is C=CCOC(=O)NCc1ccccc1-c1ccc(C2OC(CSc3ccccc3OC)CC(c3ccc(CO)cc3)O2)cc1. The Morgan fingerprint density at radius 3 is 2.45 bits per heavy atom. The van der Waals surface area contributed by atoms with Gasteiger partial charge in [0.15, 0.2) is 6.29 Å². The van der Waals surface area contributed by atoms with Gasteiger partial charge in [-0.25, -0.2) is 4.79 Å². The zero-order valence-electron chi connectivity index (χ0n) is 24.7. The zero-order chi connectivity index (χ0) is 30.7. The fraction of sp³-hybridized carbons (Fsp3) is 0.250. The molecule has 8 heteroatoms. The number of carbonyl (C=O) groups excluding carboxylic acids is 1. The molecule has 228 valence electrons. The smallest absolute Gasteiger partial charge is 0.407 e. The van der Waals surface area contributed by atoms with E-state index in [1.807, 2.05) is 78.9 Å². The Labute approximate surface area is 262 Å². The van der Waals surface area contributed by atoms with Crippen LogP contribution in [0, 0.1) is 0 Å². The van der Waals surface area contributed by atoms with Crippen molar-refractivity contribution in [2.75, 3.05) is 19.5 Å². The van der Waals surface area contributed by atoms with Gasteiger partial charge in [0.1, 0.15) is 12.4 Å². The van der Waals surface area contributed by atoms with Crippen LogP contribution in [0.25, 0.3) is 11.1 Å². The van der Waals surface area contributed by atoms with Gasteiger partial charge < -0.3 is 29.4 Å². The molecule has 0 bridgehead atoms. The van der Waals surface area contributed by atoms with Gasteiger partial charge in [0.05, 0.1) is 25.9 Å². The highest BCUT2D eigenvalue weighted by atomic mass is 32.2. The van der Waals surface area contributed by atoms with Crippen molar-refractivity contribution in [1.29, 1.82) is 0 Å². The molecule has 1 fully saturated rings. The highest BCUT2D eigenvalue weighted by Gasteiger charge is 2.32. The lowest BCUT2D eigenvalue weighted by Gasteiger charge is -2.36. The summed E-state index contributed by atoms with van der Waals surface area (Å²) in [5.74, 6) is 1.58. The van der Waals surface area contributed by atoms with Gasteiger partial charge in [-0.2, -0.15) is 0 Å². The van der Waals surface area contributed by atoms with E-state index in [0.29, 0.717) is 13.0 Å². The lowest BCUT2D eigenvalue weighted by molar-refractivity contribution is -0.245. The second-order valence-electron chi connectivity index (χ2n) is 10.3. The largest absolute Gasteiger partial charge is 0.496 e. The molecule has 3 unspecified atom stereocenters. The highest BCUT2D eigenvalue weighted by Crippen LogP contribution is 2.41.